The molecular weight excluding hydrogens is 310 g/mol. The number of ether oxygens (including phenoxy) is 1. The van der Waals surface area contributed by atoms with Gasteiger partial charge in [-0.25, -0.2) is 0 Å². The van der Waals surface area contributed by atoms with E-state index in [1.807, 2.05) is 21.8 Å². The van der Waals surface area contributed by atoms with Crippen LogP contribution in [0.25, 0.3) is 0 Å². The number of rotatable bonds is 4. The second-order valence-corrected chi connectivity index (χ2v) is 6.34. The van der Waals surface area contributed by atoms with E-state index in [9.17, 15) is 9.59 Å². The summed E-state index contributed by atoms with van der Waals surface area (Å²) < 4.78 is 6.72. The maximum absolute atomic E-state index is 13.3. The second-order valence-electron chi connectivity index (χ2n) is 6.34. The van der Waals surface area contributed by atoms with Crippen molar-refractivity contribution in [3.8, 4) is 0 Å². The number of hydrogen-bond donors (Lipinski definition) is 1. The smallest absolute Gasteiger partial charge is 0.250 e. The molecule has 0 radical (unpaired) electrons. The van der Waals surface area contributed by atoms with Crippen LogP contribution in [0, 0.1) is 0 Å². The van der Waals surface area contributed by atoms with Gasteiger partial charge in [0, 0.05) is 45.7 Å². The van der Waals surface area contributed by atoms with Gasteiger partial charge in [-0.2, -0.15) is 5.10 Å². The number of nitrogens with zero attached hydrogens (tertiary/aromatic N) is 4. The summed E-state index contributed by atoms with van der Waals surface area (Å²) in [5.41, 5.74) is -0.604. The number of piperidine rings is 1. The van der Waals surface area contributed by atoms with Gasteiger partial charge in [-0.15, -0.1) is 0 Å². The van der Waals surface area contributed by atoms with Gasteiger partial charge in [-0.1, -0.05) is 0 Å². The highest BCUT2D eigenvalue weighted by Gasteiger charge is 2.45. The first-order valence-corrected chi connectivity index (χ1v) is 8.44. The fraction of sp³-hybridized carbons (Fsp3) is 0.688. The number of piperazine rings is 1. The van der Waals surface area contributed by atoms with Crippen molar-refractivity contribution in [1.29, 1.82) is 0 Å². The van der Waals surface area contributed by atoms with Gasteiger partial charge in [0.25, 0.3) is 5.91 Å². The first kappa shape index (κ1) is 16.9. The summed E-state index contributed by atoms with van der Waals surface area (Å²) in [6.45, 7) is 3.94. The quantitative estimate of drug-likeness (QED) is 0.785. The Labute approximate surface area is 141 Å². The molecule has 8 nitrogen and oxygen atoms in total. The average Bonchev–Trinajstić information content (AvgIpc) is 3.17. The number of aromatic nitrogens is 2. The third kappa shape index (κ3) is 3.16. The fourth-order valence-corrected chi connectivity index (χ4v) is 3.57. The van der Waals surface area contributed by atoms with E-state index in [4.69, 9.17) is 4.74 Å². The van der Waals surface area contributed by atoms with Crippen LogP contribution in [0.4, 0.5) is 0 Å². The number of amides is 2. The summed E-state index contributed by atoms with van der Waals surface area (Å²) in [6, 6.07) is 1.86. The van der Waals surface area contributed by atoms with Gasteiger partial charge in [0.2, 0.25) is 5.91 Å². The molecule has 1 aromatic rings. The zero-order chi connectivity index (χ0) is 17.0. The van der Waals surface area contributed by atoms with E-state index in [0.717, 1.165) is 25.9 Å². The fourth-order valence-electron chi connectivity index (χ4n) is 3.57. The van der Waals surface area contributed by atoms with Gasteiger partial charge in [0.05, 0.1) is 0 Å². The standard InChI is InChI=1S/C16H25N5O3/c1-24-13-14(22)19-9-11-20(12-10-19)15(23)16(3-6-17-7-4-16)21-8-2-5-18-21/h2,5,8,17H,3-4,6-7,9-13H2,1H3. The number of methoxy groups -OCH3 is 1. The van der Waals surface area contributed by atoms with Crippen molar-refractivity contribution in [2.75, 3.05) is 53.0 Å². The minimum Gasteiger partial charge on any atom is -0.375 e. The van der Waals surface area contributed by atoms with Crippen LogP contribution in [0.3, 0.4) is 0 Å². The number of carbonyl (C=O) groups is 2. The third-order valence-electron chi connectivity index (χ3n) is 4.96. The van der Waals surface area contributed by atoms with Crippen LogP contribution in [0.15, 0.2) is 18.5 Å². The van der Waals surface area contributed by atoms with Crippen LogP contribution in [-0.4, -0.2) is 84.4 Å². The van der Waals surface area contributed by atoms with E-state index in [-0.39, 0.29) is 18.4 Å². The molecule has 24 heavy (non-hydrogen) atoms. The molecule has 0 atom stereocenters. The average molecular weight is 335 g/mol. The highest BCUT2D eigenvalue weighted by atomic mass is 16.5. The molecule has 2 fully saturated rings. The lowest BCUT2D eigenvalue weighted by Gasteiger charge is -2.43. The first-order valence-electron chi connectivity index (χ1n) is 8.44. The molecule has 1 N–H and O–H groups in total. The van der Waals surface area contributed by atoms with Crippen LogP contribution >= 0.6 is 0 Å². The van der Waals surface area contributed by atoms with Crippen LogP contribution in [0.2, 0.25) is 0 Å². The molecule has 2 amide bonds. The zero-order valence-electron chi connectivity index (χ0n) is 14.1. The molecular formula is C16H25N5O3. The van der Waals surface area contributed by atoms with Crippen molar-refractivity contribution in [3.05, 3.63) is 18.5 Å². The molecule has 0 unspecified atom stereocenters. The Morgan fingerprint density at radius 3 is 2.42 bits per heavy atom. The van der Waals surface area contributed by atoms with Crippen molar-refractivity contribution in [2.45, 2.75) is 18.4 Å². The van der Waals surface area contributed by atoms with Crippen molar-refractivity contribution in [1.82, 2.24) is 24.9 Å². The number of hydrogen-bond acceptors (Lipinski definition) is 5. The van der Waals surface area contributed by atoms with Crippen LogP contribution in [0.5, 0.6) is 0 Å². The molecule has 3 rings (SSSR count). The number of carbonyl (C=O) groups excluding carboxylic acids is 2. The highest BCUT2D eigenvalue weighted by Crippen LogP contribution is 2.29. The largest absolute Gasteiger partial charge is 0.375 e. The predicted molar refractivity (Wildman–Crippen MR) is 87.3 cm³/mol. The Kier molecular flexibility index (Phi) is 5.15. The Morgan fingerprint density at radius 1 is 1.17 bits per heavy atom. The number of nitrogens with one attached hydrogen (secondary N) is 1. The Morgan fingerprint density at radius 2 is 1.83 bits per heavy atom. The minimum atomic E-state index is -0.604. The lowest BCUT2D eigenvalue weighted by molar-refractivity contribution is -0.148. The maximum Gasteiger partial charge on any atom is 0.250 e. The van der Waals surface area contributed by atoms with Crippen LogP contribution < -0.4 is 5.32 Å². The second kappa shape index (κ2) is 7.31. The molecule has 0 aromatic carbocycles. The van der Waals surface area contributed by atoms with Crippen molar-refractivity contribution < 1.29 is 14.3 Å². The lowest BCUT2D eigenvalue weighted by Crippen LogP contribution is -2.60. The Hall–Kier alpha value is -1.93. The minimum absolute atomic E-state index is 0.0201. The van der Waals surface area contributed by atoms with Gasteiger partial charge >= 0.3 is 0 Å². The molecule has 132 valence electrons. The normalized spacial score (nSPS) is 20.9. The van der Waals surface area contributed by atoms with Crippen LogP contribution in [0.1, 0.15) is 12.8 Å². The van der Waals surface area contributed by atoms with Gasteiger partial charge in [0.15, 0.2) is 0 Å². The van der Waals surface area contributed by atoms with Crippen molar-refractivity contribution >= 4 is 11.8 Å². The van der Waals surface area contributed by atoms with Crippen molar-refractivity contribution in [2.24, 2.45) is 0 Å². The molecule has 8 heteroatoms. The predicted octanol–water partition coefficient (Wildman–Crippen LogP) is -0.721. The molecule has 1 aromatic heterocycles. The van der Waals surface area contributed by atoms with E-state index in [1.54, 1.807) is 11.1 Å². The molecule has 2 aliphatic heterocycles. The molecule has 0 aliphatic carbocycles. The molecule has 0 saturated carbocycles. The van der Waals surface area contributed by atoms with E-state index in [0.29, 0.717) is 26.2 Å². The summed E-state index contributed by atoms with van der Waals surface area (Å²) in [5.74, 6) is 0.0970. The lowest BCUT2D eigenvalue weighted by atomic mass is 9.86. The summed E-state index contributed by atoms with van der Waals surface area (Å²) >= 11 is 0. The van der Waals surface area contributed by atoms with E-state index in [2.05, 4.69) is 10.4 Å². The zero-order valence-corrected chi connectivity index (χ0v) is 14.1. The highest BCUT2D eigenvalue weighted by molar-refractivity contribution is 5.85. The SMILES string of the molecule is COCC(=O)N1CCN(C(=O)C2(n3cccn3)CCNCC2)CC1. The monoisotopic (exact) mass is 335 g/mol. The molecule has 0 spiro atoms. The van der Waals surface area contributed by atoms with E-state index < -0.39 is 5.54 Å². The summed E-state index contributed by atoms with van der Waals surface area (Å²) in [6.07, 6.45) is 5.06. The topological polar surface area (TPSA) is 79.7 Å². The summed E-state index contributed by atoms with van der Waals surface area (Å²) in [5, 5.41) is 7.67. The van der Waals surface area contributed by atoms with E-state index in [1.165, 1.54) is 7.11 Å². The van der Waals surface area contributed by atoms with Gasteiger partial charge in [-0.3, -0.25) is 14.3 Å². The van der Waals surface area contributed by atoms with Gasteiger partial charge in [0.1, 0.15) is 12.1 Å². The van der Waals surface area contributed by atoms with Gasteiger partial charge < -0.3 is 19.9 Å². The Balaban J connectivity index is 1.70. The summed E-state index contributed by atoms with van der Waals surface area (Å²) in [7, 11) is 1.52. The summed E-state index contributed by atoms with van der Waals surface area (Å²) in [4.78, 5) is 28.8. The maximum atomic E-state index is 13.3. The molecule has 2 aliphatic rings. The first-order chi connectivity index (χ1) is 11.7. The van der Waals surface area contributed by atoms with Crippen molar-refractivity contribution in [3.63, 3.8) is 0 Å². The molecule has 2 saturated heterocycles. The molecule has 3 heterocycles. The molecule has 0 bridgehead atoms. The van der Waals surface area contributed by atoms with E-state index >= 15 is 0 Å². The van der Waals surface area contributed by atoms with Gasteiger partial charge in [-0.05, 0) is 32.0 Å². The van der Waals surface area contributed by atoms with Crippen LogP contribution in [-0.2, 0) is 19.9 Å². The Bertz CT molecular complexity index is 560. The third-order valence-corrected chi connectivity index (χ3v) is 4.96.